The van der Waals surface area contributed by atoms with Gasteiger partial charge in [0.1, 0.15) is 6.04 Å². The number of amides is 1. The molecular weight excluding hydrogens is 457 g/mol. The van der Waals surface area contributed by atoms with Crippen LogP contribution in [0.4, 0.5) is 4.39 Å². The van der Waals surface area contributed by atoms with Gasteiger partial charge in [0.05, 0.1) is 23.2 Å². The topological polar surface area (TPSA) is 105 Å². The van der Waals surface area contributed by atoms with Gasteiger partial charge in [0.15, 0.2) is 5.67 Å². The maximum Gasteiger partial charge on any atom is 0.312 e. The molecule has 4 aromatic rings. The molecule has 11 heteroatoms. The van der Waals surface area contributed by atoms with Crippen LogP contribution in [0.5, 0.6) is 0 Å². The first-order chi connectivity index (χ1) is 14.3. The summed E-state index contributed by atoms with van der Waals surface area (Å²) in [6.45, 7) is 2.98. The van der Waals surface area contributed by atoms with Crippen LogP contribution in [-0.2, 0) is 12.1 Å². The Hall–Kier alpha value is -3.08. The van der Waals surface area contributed by atoms with Crippen molar-refractivity contribution in [3.8, 4) is 0 Å². The molecule has 0 aromatic carbocycles. The highest BCUT2D eigenvalue weighted by molar-refractivity contribution is 9.10. The van der Waals surface area contributed by atoms with Gasteiger partial charge >= 0.3 is 11.8 Å². The van der Waals surface area contributed by atoms with Gasteiger partial charge in [-0.3, -0.25) is 4.79 Å². The maximum atomic E-state index is 14.1. The lowest BCUT2D eigenvalue weighted by Gasteiger charge is -2.32. The molecule has 1 amide bonds. The predicted molar refractivity (Wildman–Crippen MR) is 106 cm³/mol. The summed E-state index contributed by atoms with van der Waals surface area (Å²) in [5.74, 6) is -0.992. The summed E-state index contributed by atoms with van der Waals surface area (Å²) in [5, 5.41) is 12.1. The second-order valence-electron chi connectivity index (χ2n) is 7.56. The number of carbonyl (C=O) groups is 1. The van der Waals surface area contributed by atoms with Gasteiger partial charge in [-0.1, -0.05) is 0 Å². The highest BCUT2D eigenvalue weighted by Crippen LogP contribution is 2.35. The molecule has 1 atom stereocenters. The summed E-state index contributed by atoms with van der Waals surface area (Å²) in [6.07, 6.45) is 4.02. The van der Waals surface area contributed by atoms with Gasteiger partial charge < -0.3 is 14.3 Å². The largest absolute Gasteiger partial charge is 0.413 e. The third kappa shape index (κ3) is 3.00. The first-order valence-corrected chi connectivity index (χ1v) is 10.1. The van der Waals surface area contributed by atoms with Gasteiger partial charge in [-0.05, 0) is 48.0 Å². The van der Waals surface area contributed by atoms with E-state index in [9.17, 15) is 9.18 Å². The van der Waals surface area contributed by atoms with Crippen LogP contribution in [0.25, 0.3) is 5.52 Å². The summed E-state index contributed by atoms with van der Waals surface area (Å²) >= 11 is 3.53. The van der Waals surface area contributed by atoms with E-state index in [1.54, 1.807) is 15.7 Å². The number of imidazole rings is 1. The summed E-state index contributed by atoms with van der Waals surface area (Å²) in [6, 6.07) is 5.15. The molecule has 154 valence electrons. The number of aromatic nitrogens is 6. The molecule has 0 aliphatic carbocycles. The minimum Gasteiger partial charge on any atom is -0.413 e. The van der Waals surface area contributed by atoms with Gasteiger partial charge in [-0.2, -0.15) is 5.10 Å². The Morgan fingerprint density at radius 2 is 2.23 bits per heavy atom. The van der Waals surface area contributed by atoms with Crippen LogP contribution in [0, 0.1) is 0 Å². The quantitative estimate of drug-likeness (QED) is 0.489. The minimum absolute atomic E-state index is 0.239. The standard InChI is InChI=1S/C19H17BrFN7O2/c1-19(2,21)18-25-24-16(30-18)17(29)27-7-5-11-14(23-9-22-11)15(27)12-8-13-10(20)4-3-6-28(13)26-12/h3-4,6,8-9,15H,5,7H2,1-2H3,(H,22,23). The predicted octanol–water partition coefficient (Wildman–Crippen LogP) is 3.20. The minimum atomic E-state index is -1.84. The van der Waals surface area contributed by atoms with Gasteiger partial charge in [-0.25, -0.2) is 13.9 Å². The van der Waals surface area contributed by atoms with E-state index in [1.165, 1.54) is 13.8 Å². The summed E-state index contributed by atoms with van der Waals surface area (Å²) < 4.78 is 22.1. The zero-order valence-electron chi connectivity index (χ0n) is 16.1. The van der Waals surface area contributed by atoms with Crippen LogP contribution < -0.4 is 0 Å². The van der Waals surface area contributed by atoms with Crippen molar-refractivity contribution in [1.29, 1.82) is 0 Å². The molecular formula is C19H17BrFN7O2. The SMILES string of the molecule is CC(C)(F)c1nnc(C(=O)N2CCc3[nH]cnc3C2c2cc3c(Br)cccn3n2)o1. The number of pyridine rings is 1. The highest BCUT2D eigenvalue weighted by atomic mass is 79.9. The number of rotatable bonds is 3. The molecule has 0 radical (unpaired) electrons. The van der Waals surface area contributed by atoms with E-state index in [1.807, 2.05) is 24.4 Å². The third-order valence-electron chi connectivity index (χ3n) is 5.05. The first kappa shape index (κ1) is 18.9. The van der Waals surface area contributed by atoms with Crippen molar-refractivity contribution in [1.82, 2.24) is 34.7 Å². The first-order valence-electron chi connectivity index (χ1n) is 9.33. The van der Waals surface area contributed by atoms with Crippen LogP contribution in [0.1, 0.15) is 53.5 Å². The number of halogens is 2. The Labute approximate surface area is 178 Å². The summed E-state index contributed by atoms with van der Waals surface area (Å²) in [5.41, 5.74) is 1.32. The van der Waals surface area contributed by atoms with Crippen molar-refractivity contribution in [2.24, 2.45) is 0 Å². The number of nitrogens with one attached hydrogen (secondary N) is 1. The Bertz CT molecular complexity index is 1260. The van der Waals surface area contributed by atoms with Crippen molar-refractivity contribution in [2.75, 3.05) is 6.54 Å². The monoisotopic (exact) mass is 473 g/mol. The molecule has 0 bridgehead atoms. The van der Waals surface area contributed by atoms with E-state index >= 15 is 0 Å². The molecule has 0 fully saturated rings. The molecule has 1 N–H and O–H groups in total. The van der Waals surface area contributed by atoms with Crippen LogP contribution in [0.15, 0.2) is 39.6 Å². The average Bonchev–Trinajstić information content (AvgIpc) is 3.44. The molecule has 4 aromatic heterocycles. The van der Waals surface area contributed by atoms with Crippen LogP contribution >= 0.6 is 15.9 Å². The lowest BCUT2D eigenvalue weighted by molar-refractivity contribution is 0.0636. The number of aromatic amines is 1. The van der Waals surface area contributed by atoms with Crippen LogP contribution in [0.3, 0.4) is 0 Å². The normalized spacial score (nSPS) is 16.8. The van der Waals surface area contributed by atoms with E-state index in [0.717, 1.165) is 15.7 Å². The lowest BCUT2D eigenvalue weighted by Crippen LogP contribution is -2.41. The molecule has 5 heterocycles. The zero-order chi connectivity index (χ0) is 21.0. The number of alkyl halides is 1. The van der Waals surface area contributed by atoms with Crippen LogP contribution in [0.2, 0.25) is 0 Å². The molecule has 30 heavy (non-hydrogen) atoms. The number of carbonyl (C=O) groups excluding carboxylic acids is 1. The number of hydrogen-bond acceptors (Lipinski definition) is 6. The summed E-state index contributed by atoms with van der Waals surface area (Å²) in [4.78, 5) is 22.4. The Kier molecular flexibility index (Phi) is 4.24. The molecule has 1 aliphatic heterocycles. The van der Waals surface area contributed by atoms with E-state index < -0.39 is 17.6 Å². The van der Waals surface area contributed by atoms with Gasteiger partial charge in [0.25, 0.3) is 5.89 Å². The second kappa shape index (κ2) is 6.73. The fourth-order valence-corrected chi connectivity index (χ4v) is 4.05. The summed E-state index contributed by atoms with van der Waals surface area (Å²) in [7, 11) is 0. The third-order valence-corrected chi connectivity index (χ3v) is 5.72. The molecule has 0 saturated heterocycles. The molecule has 1 aliphatic rings. The number of nitrogens with zero attached hydrogens (tertiary/aromatic N) is 6. The van der Waals surface area contributed by atoms with Crippen molar-refractivity contribution in [3.05, 3.63) is 64.1 Å². The van der Waals surface area contributed by atoms with E-state index in [4.69, 9.17) is 4.42 Å². The number of fused-ring (bicyclic) bond motifs is 2. The number of hydrogen-bond donors (Lipinski definition) is 1. The van der Waals surface area contributed by atoms with Gasteiger partial charge in [0, 0.05) is 29.3 Å². The fourth-order valence-electron chi connectivity index (χ4n) is 3.60. The molecule has 5 rings (SSSR count). The highest BCUT2D eigenvalue weighted by Gasteiger charge is 2.39. The van der Waals surface area contributed by atoms with Crippen molar-refractivity contribution >= 4 is 27.4 Å². The molecule has 0 spiro atoms. The van der Waals surface area contributed by atoms with Crippen LogP contribution in [-0.4, -0.2) is 47.1 Å². The van der Waals surface area contributed by atoms with E-state index in [2.05, 4.69) is 41.2 Å². The van der Waals surface area contributed by atoms with Gasteiger partial charge in [-0.15, -0.1) is 10.2 Å². The average molecular weight is 474 g/mol. The second-order valence-corrected chi connectivity index (χ2v) is 8.41. The fraction of sp³-hybridized carbons (Fsp3) is 0.316. The van der Waals surface area contributed by atoms with Crippen molar-refractivity contribution < 1.29 is 13.6 Å². The Balaban J connectivity index is 1.59. The molecule has 9 nitrogen and oxygen atoms in total. The Morgan fingerprint density at radius 1 is 1.40 bits per heavy atom. The van der Waals surface area contributed by atoms with Gasteiger partial charge in [0.2, 0.25) is 0 Å². The van der Waals surface area contributed by atoms with Crippen molar-refractivity contribution in [2.45, 2.75) is 32.0 Å². The van der Waals surface area contributed by atoms with E-state index in [-0.39, 0.29) is 11.8 Å². The lowest BCUT2D eigenvalue weighted by atomic mass is 9.99. The smallest absolute Gasteiger partial charge is 0.312 e. The molecule has 0 saturated carbocycles. The Morgan fingerprint density at radius 3 is 2.97 bits per heavy atom. The van der Waals surface area contributed by atoms with Crippen molar-refractivity contribution in [3.63, 3.8) is 0 Å². The molecule has 1 unspecified atom stereocenters. The maximum absolute atomic E-state index is 14.1. The number of H-pyrrole nitrogens is 1. The zero-order valence-corrected chi connectivity index (χ0v) is 17.7. The van der Waals surface area contributed by atoms with E-state index in [0.29, 0.717) is 24.4 Å².